The molecule has 3 heteroatoms. The van der Waals surface area contributed by atoms with Crippen LogP contribution in [0, 0.1) is 0 Å². The molecular weight excluding hydrogens is 270 g/mol. The first kappa shape index (κ1) is 14.9. The molecule has 2 aromatic rings. The maximum Gasteiger partial charge on any atom is 0.138 e. The van der Waals surface area contributed by atoms with Crippen molar-refractivity contribution in [2.45, 2.75) is 26.5 Å². The average Bonchev–Trinajstić information content (AvgIpc) is 2.47. The van der Waals surface area contributed by atoms with Crippen LogP contribution in [0.5, 0.6) is 5.75 Å². The summed E-state index contributed by atoms with van der Waals surface area (Å²) in [4.78, 5) is 0. The van der Waals surface area contributed by atoms with Crippen LogP contribution in [0.1, 0.15) is 24.5 Å². The Balaban J connectivity index is 1.93. The minimum Gasteiger partial charge on any atom is -0.487 e. The van der Waals surface area contributed by atoms with E-state index in [0.29, 0.717) is 11.6 Å². The summed E-state index contributed by atoms with van der Waals surface area (Å²) in [6.45, 7) is 4.64. The van der Waals surface area contributed by atoms with Crippen LogP contribution >= 0.6 is 11.6 Å². The minimum atomic E-state index is 0.533. The summed E-state index contributed by atoms with van der Waals surface area (Å²) < 4.78 is 5.75. The molecule has 0 bridgehead atoms. The molecule has 2 rings (SSSR count). The molecule has 0 heterocycles. The molecule has 0 aliphatic rings. The molecule has 0 unspecified atom stereocenters. The minimum absolute atomic E-state index is 0.533. The van der Waals surface area contributed by atoms with Crippen molar-refractivity contribution < 1.29 is 4.74 Å². The molecule has 0 fully saturated rings. The zero-order chi connectivity index (χ0) is 14.2. The Kier molecular flexibility index (Phi) is 5.90. The lowest BCUT2D eigenvalue weighted by Crippen LogP contribution is -2.13. The van der Waals surface area contributed by atoms with Gasteiger partial charge in [-0.15, -0.1) is 0 Å². The molecule has 0 aromatic heterocycles. The largest absolute Gasteiger partial charge is 0.487 e. The van der Waals surface area contributed by atoms with Crippen molar-refractivity contribution in [1.82, 2.24) is 5.32 Å². The zero-order valence-corrected chi connectivity index (χ0v) is 12.5. The Hall–Kier alpha value is -1.51. The Labute approximate surface area is 125 Å². The van der Waals surface area contributed by atoms with Crippen LogP contribution in [0.4, 0.5) is 0 Å². The van der Waals surface area contributed by atoms with Crippen molar-refractivity contribution in [3.8, 4) is 5.75 Å². The summed E-state index contributed by atoms with van der Waals surface area (Å²) in [5.41, 5.74) is 2.43. The monoisotopic (exact) mass is 289 g/mol. The third kappa shape index (κ3) is 4.55. The van der Waals surface area contributed by atoms with Crippen molar-refractivity contribution in [3.05, 3.63) is 64.7 Å². The fourth-order valence-corrected chi connectivity index (χ4v) is 2.15. The van der Waals surface area contributed by atoms with Crippen LogP contribution in [-0.4, -0.2) is 6.54 Å². The average molecular weight is 290 g/mol. The first-order valence-corrected chi connectivity index (χ1v) is 7.33. The number of hydrogen-bond acceptors (Lipinski definition) is 2. The maximum atomic E-state index is 6.07. The number of halogens is 1. The van der Waals surface area contributed by atoms with E-state index in [-0.39, 0.29) is 0 Å². The molecule has 0 saturated carbocycles. The van der Waals surface area contributed by atoms with Crippen molar-refractivity contribution >= 4 is 11.6 Å². The lowest BCUT2D eigenvalue weighted by Gasteiger charge is -2.09. The number of benzene rings is 2. The highest BCUT2D eigenvalue weighted by molar-refractivity contribution is 6.32. The highest BCUT2D eigenvalue weighted by Gasteiger charge is 2.01. The van der Waals surface area contributed by atoms with E-state index in [9.17, 15) is 0 Å². The van der Waals surface area contributed by atoms with Gasteiger partial charge in [0.1, 0.15) is 12.4 Å². The van der Waals surface area contributed by atoms with Gasteiger partial charge in [-0.25, -0.2) is 0 Å². The molecule has 1 N–H and O–H groups in total. The Morgan fingerprint density at radius 1 is 1.05 bits per heavy atom. The van der Waals surface area contributed by atoms with E-state index in [1.807, 2.05) is 24.3 Å². The zero-order valence-electron chi connectivity index (χ0n) is 11.7. The first-order chi connectivity index (χ1) is 9.79. The third-order valence-corrected chi connectivity index (χ3v) is 3.29. The van der Waals surface area contributed by atoms with Crippen LogP contribution in [0.2, 0.25) is 5.02 Å². The lowest BCUT2D eigenvalue weighted by atomic mass is 10.1. The predicted molar refractivity (Wildman–Crippen MR) is 84.2 cm³/mol. The smallest absolute Gasteiger partial charge is 0.138 e. The molecule has 0 amide bonds. The molecule has 0 aliphatic carbocycles. The second-order valence-corrected chi connectivity index (χ2v) is 5.12. The predicted octanol–water partition coefficient (Wildman–Crippen LogP) is 4.42. The van der Waals surface area contributed by atoms with E-state index in [1.54, 1.807) is 0 Å². The molecule has 0 aliphatic heterocycles. The molecule has 0 radical (unpaired) electrons. The summed E-state index contributed by atoms with van der Waals surface area (Å²) in [6.07, 6.45) is 1.15. The van der Waals surface area contributed by atoms with Gasteiger partial charge in [0.2, 0.25) is 0 Å². The summed E-state index contributed by atoms with van der Waals surface area (Å²) in [6, 6.07) is 16.0. The van der Waals surface area contributed by atoms with Crippen molar-refractivity contribution in [2.24, 2.45) is 0 Å². The molecule has 0 spiro atoms. The number of nitrogens with one attached hydrogen (secondary N) is 1. The molecule has 2 nitrogen and oxygen atoms in total. The van der Waals surface area contributed by atoms with Gasteiger partial charge in [0.05, 0.1) is 5.02 Å². The van der Waals surface area contributed by atoms with Crippen molar-refractivity contribution in [2.75, 3.05) is 6.54 Å². The van der Waals surface area contributed by atoms with Crippen molar-refractivity contribution in [3.63, 3.8) is 0 Å². The van der Waals surface area contributed by atoms with Crippen molar-refractivity contribution in [1.29, 1.82) is 0 Å². The summed E-state index contributed by atoms with van der Waals surface area (Å²) >= 11 is 6.07. The van der Waals surface area contributed by atoms with Crippen LogP contribution in [-0.2, 0) is 13.2 Å². The van der Waals surface area contributed by atoms with E-state index in [4.69, 9.17) is 16.3 Å². The van der Waals surface area contributed by atoms with Crippen LogP contribution in [0.3, 0.4) is 0 Å². The fourth-order valence-electron chi connectivity index (χ4n) is 1.96. The Morgan fingerprint density at radius 2 is 1.85 bits per heavy atom. The van der Waals surface area contributed by atoms with Crippen LogP contribution < -0.4 is 10.1 Å². The maximum absolute atomic E-state index is 6.07. The standard InChI is InChI=1S/C17H20ClNO/c1-2-10-19-12-14-6-5-7-15(11-14)13-20-17-9-4-3-8-16(17)18/h3-9,11,19H,2,10,12-13H2,1H3. The fraction of sp³-hybridized carbons (Fsp3) is 0.294. The van der Waals surface area contributed by atoms with E-state index in [0.717, 1.165) is 30.8 Å². The van der Waals surface area contributed by atoms with Gasteiger partial charge in [-0.1, -0.05) is 54.9 Å². The van der Waals surface area contributed by atoms with Gasteiger partial charge in [-0.05, 0) is 36.2 Å². The molecule has 0 saturated heterocycles. The highest BCUT2D eigenvalue weighted by Crippen LogP contribution is 2.24. The molecule has 0 atom stereocenters. The van der Waals surface area contributed by atoms with Gasteiger partial charge < -0.3 is 10.1 Å². The number of ether oxygens (including phenoxy) is 1. The third-order valence-electron chi connectivity index (χ3n) is 2.98. The lowest BCUT2D eigenvalue weighted by molar-refractivity contribution is 0.306. The van der Waals surface area contributed by atoms with Gasteiger partial charge in [0.15, 0.2) is 0 Å². The van der Waals surface area contributed by atoms with Gasteiger partial charge in [0.25, 0.3) is 0 Å². The molecule has 106 valence electrons. The van der Waals surface area contributed by atoms with Gasteiger partial charge in [-0.2, -0.15) is 0 Å². The van der Waals surface area contributed by atoms with E-state index < -0.39 is 0 Å². The van der Waals surface area contributed by atoms with Crippen LogP contribution in [0.25, 0.3) is 0 Å². The molecule has 2 aromatic carbocycles. The van der Waals surface area contributed by atoms with Gasteiger partial charge in [0, 0.05) is 6.54 Å². The number of hydrogen-bond donors (Lipinski definition) is 1. The molecule has 20 heavy (non-hydrogen) atoms. The number of rotatable bonds is 7. The summed E-state index contributed by atoms with van der Waals surface area (Å²) in [5, 5.41) is 4.05. The Morgan fingerprint density at radius 3 is 2.65 bits per heavy atom. The Bertz CT molecular complexity index is 542. The van der Waals surface area contributed by atoms with Crippen LogP contribution in [0.15, 0.2) is 48.5 Å². The van der Waals surface area contributed by atoms with Gasteiger partial charge in [-0.3, -0.25) is 0 Å². The van der Waals surface area contributed by atoms with E-state index in [2.05, 4.69) is 36.5 Å². The normalized spacial score (nSPS) is 10.5. The topological polar surface area (TPSA) is 21.3 Å². The summed E-state index contributed by atoms with van der Waals surface area (Å²) in [5.74, 6) is 0.726. The number of para-hydroxylation sites is 1. The van der Waals surface area contributed by atoms with Gasteiger partial charge >= 0.3 is 0 Å². The highest BCUT2D eigenvalue weighted by atomic mass is 35.5. The van der Waals surface area contributed by atoms with E-state index in [1.165, 1.54) is 5.56 Å². The second-order valence-electron chi connectivity index (χ2n) is 4.72. The quantitative estimate of drug-likeness (QED) is 0.762. The molecular formula is C17H20ClNO. The first-order valence-electron chi connectivity index (χ1n) is 6.95. The SMILES string of the molecule is CCCNCc1cccc(COc2ccccc2Cl)c1. The summed E-state index contributed by atoms with van der Waals surface area (Å²) in [7, 11) is 0. The van der Waals surface area contributed by atoms with E-state index >= 15 is 0 Å². The second kappa shape index (κ2) is 7.93.